The second kappa shape index (κ2) is 8.07. The molecule has 22 heavy (non-hydrogen) atoms. The van der Waals surface area contributed by atoms with Crippen molar-refractivity contribution in [2.45, 2.75) is 52.4 Å². The number of rotatable bonds is 7. The largest absolute Gasteiger partial charge is 0.207 e. The number of hydrogen-bond donors (Lipinski definition) is 0. The average molecular weight is 302 g/mol. The van der Waals surface area contributed by atoms with Crippen LogP contribution in [-0.2, 0) is 12.8 Å². The molecule has 0 unspecified atom stereocenters. The van der Waals surface area contributed by atoms with Gasteiger partial charge in [-0.15, -0.1) is 0 Å². The third-order valence-corrected chi connectivity index (χ3v) is 4.25. The fraction of sp³-hybridized carbons (Fsp3) is 0.400. The number of hydrogen-bond acceptors (Lipinski definition) is 0. The van der Waals surface area contributed by atoms with Crippen LogP contribution in [0.1, 0.15) is 47.9 Å². The summed E-state index contributed by atoms with van der Waals surface area (Å²) in [6.45, 7) is 3.94. The van der Waals surface area contributed by atoms with Crippen LogP contribution in [0.15, 0.2) is 36.4 Å². The maximum atomic E-state index is 13.0. The van der Waals surface area contributed by atoms with Gasteiger partial charge in [-0.25, -0.2) is 8.78 Å². The van der Waals surface area contributed by atoms with Gasteiger partial charge in [0.1, 0.15) is 11.6 Å². The quantitative estimate of drug-likeness (QED) is 0.556. The van der Waals surface area contributed by atoms with E-state index in [2.05, 4.69) is 0 Å². The van der Waals surface area contributed by atoms with Gasteiger partial charge < -0.3 is 0 Å². The van der Waals surface area contributed by atoms with Crippen molar-refractivity contribution in [3.05, 3.63) is 70.3 Å². The lowest BCUT2D eigenvalue weighted by Crippen LogP contribution is -1.93. The first kappa shape index (κ1) is 16.7. The summed E-state index contributed by atoms with van der Waals surface area (Å²) in [5.41, 5.74) is 4.58. The normalized spacial score (nSPS) is 10.9. The maximum Gasteiger partial charge on any atom is 0.123 e. The summed E-state index contributed by atoms with van der Waals surface area (Å²) in [4.78, 5) is 0. The molecule has 2 aromatic carbocycles. The van der Waals surface area contributed by atoms with Crippen molar-refractivity contribution in [2.75, 3.05) is 0 Å². The monoisotopic (exact) mass is 302 g/mol. The highest BCUT2D eigenvalue weighted by Gasteiger charge is 2.02. The third-order valence-electron chi connectivity index (χ3n) is 4.25. The highest BCUT2D eigenvalue weighted by Crippen LogP contribution is 2.16. The molecule has 0 nitrogen and oxygen atoms in total. The molecular weight excluding hydrogens is 278 g/mol. The van der Waals surface area contributed by atoms with E-state index in [1.54, 1.807) is 24.3 Å². The molecule has 0 aliphatic carbocycles. The van der Waals surface area contributed by atoms with E-state index in [9.17, 15) is 8.78 Å². The van der Waals surface area contributed by atoms with Gasteiger partial charge >= 0.3 is 0 Å². The van der Waals surface area contributed by atoms with Crippen molar-refractivity contribution in [1.82, 2.24) is 0 Å². The van der Waals surface area contributed by atoms with E-state index in [4.69, 9.17) is 0 Å². The molecule has 2 aromatic rings. The molecule has 118 valence electrons. The molecule has 0 atom stereocenters. The Morgan fingerprint density at radius 1 is 0.636 bits per heavy atom. The van der Waals surface area contributed by atoms with Crippen LogP contribution < -0.4 is 0 Å². The molecule has 0 amide bonds. The maximum absolute atomic E-state index is 13.0. The van der Waals surface area contributed by atoms with Gasteiger partial charge in [-0.3, -0.25) is 0 Å². The fourth-order valence-corrected chi connectivity index (χ4v) is 2.86. The Labute approximate surface area is 132 Å². The van der Waals surface area contributed by atoms with Crippen molar-refractivity contribution in [3.63, 3.8) is 0 Å². The molecule has 0 fully saturated rings. The molecule has 0 saturated heterocycles. The first-order valence-electron chi connectivity index (χ1n) is 8.06. The molecule has 2 heteroatoms. The van der Waals surface area contributed by atoms with Crippen LogP contribution in [0.3, 0.4) is 0 Å². The Balaban J connectivity index is 1.67. The minimum Gasteiger partial charge on any atom is -0.207 e. The van der Waals surface area contributed by atoms with Gasteiger partial charge in [-0.2, -0.15) is 0 Å². The molecule has 0 saturated carbocycles. The number of aryl methyl sites for hydroxylation is 4. The predicted octanol–water partition coefficient (Wildman–Crippen LogP) is 5.93. The average Bonchev–Trinajstić information content (AvgIpc) is 2.46. The molecule has 0 aliphatic heterocycles. The second-order valence-electron chi connectivity index (χ2n) is 6.06. The second-order valence-corrected chi connectivity index (χ2v) is 6.06. The van der Waals surface area contributed by atoms with Gasteiger partial charge in [0, 0.05) is 0 Å². The number of unbranched alkanes of at least 4 members (excludes halogenated alkanes) is 3. The van der Waals surface area contributed by atoms with Crippen molar-refractivity contribution in [3.8, 4) is 0 Å². The molecule has 0 aliphatic rings. The highest BCUT2D eigenvalue weighted by atomic mass is 19.1. The minimum atomic E-state index is -0.157. The van der Waals surface area contributed by atoms with Crippen LogP contribution in [0, 0.1) is 25.5 Å². The van der Waals surface area contributed by atoms with E-state index >= 15 is 0 Å². The van der Waals surface area contributed by atoms with Crippen LogP contribution in [0.4, 0.5) is 8.78 Å². The summed E-state index contributed by atoms with van der Waals surface area (Å²) in [5.74, 6) is -0.313. The van der Waals surface area contributed by atoms with E-state index in [1.165, 1.54) is 24.0 Å². The Bertz CT molecular complexity index is 562. The summed E-state index contributed by atoms with van der Waals surface area (Å²) in [6.07, 6.45) is 6.65. The third kappa shape index (κ3) is 4.94. The minimum absolute atomic E-state index is 0.157. The SMILES string of the molecule is Cc1cc(F)ccc1CCCCCCc1ccc(F)cc1C. The topological polar surface area (TPSA) is 0 Å². The van der Waals surface area contributed by atoms with Gasteiger partial charge in [0.2, 0.25) is 0 Å². The lowest BCUT2D eigenvalue weighted by atomic mass is 9.99. The Morgan fingerprint density at radius 2 is 1.05 bits per heavy atom. The highest BCUT2D eigenvalue weighted by molar-refractivity contribution is 5.27. The van der Waals surface area contributed by atoms with E-state index in [-0.39, 0.29) is 11.6 Å². The molecular formula is C20H24F2. The fourth-order valence-electron chi connectivity index (χ4n) is 2.86. The van der Waals surface area contributed by atoms with Crippen LogP contribution in [0.5, 0.6) is 0 Å². The standard InChI is InChI=1S/C20H24F2/c1-15-13-19(21)11-9-17(15)7-5-3-4-6-8-18-10-12-20(22)14-16(18)2/h9-14H,3-8H2,1-2H3. The van der Waals surface area contributed by atoms with Gasteiger partial charge in [0.25, 0.3) is 0 Å². The first-order chi connectivity index (χ1) is 10.6. The van der Waals surface area contributed by atoms with E-state index in [0.29, 0.717) is 0 Å². The zero-order chi connectivity index (χ0) is 15.9. The van der Waals surface area contributed by atoms with Gasteiger partial charge in [0.05, 0.1) is 0 Å². The number of halogens is 2. The molecule has 0 N–H and O–H groups in total. The van der Waals surface area contributed by atoms with Crippen molar-refractivity contribution in [1.29, 1.82) is 0 Å². The Morgan fingerprint density at radius 3 is 1.41 bits per heavy atom. The Kier molecular flexibility index (Phi) is 6.11. The summed E-state index contributed by atoms with van der Waals surface area (Å²) < 4.78 is 26.1. The summed E-state index contributed by atoms with van der Waals surface area (Å²) >= 11 is 0. The van der Waals surface area contributed by atoms with E-state index in [1.807, 2.05) is 26.0 Å². The number of benzene rings is 2. The van der Waals surface area contributed by atoms with E-state index < -0.39 is 0 Å². The predicted molar refractivity (Wildman–Crippen MR) is 88.2 cm³/mol. The van der Waals surface area contributed by atoms with Crippen LogP contribution >= 0.6 is 0 Å². The van der Waals surface area contributed by atoms with Crippen LogP contribution in [0.25, 0.3) is 0 Å². The zero-order valence-corrected chi connectivity index (χ0v) is 13.5. The smallest absolute Gasteiger partial charge is 0.123 e. The summed E-state index contributed by atoms with van der Waals surface area (Å²) in [5, 5.41) is 0. The van der Waals surface area contributed by atoms with Crippen molar-refractivity contribution < 1.29 is 8.78 Å². The molecule has 0 radical (unpaired) electrons. The van der Waals surface area contributed by atoms with Crippen molar-refractivity contribution >= 4 is 0 Å². The lowest BCUT2D eigenvalue weighted by molar-refractivity contribution is 0.618. The molecule has 0 heterocycles. The van der Waals surface area contributed by atoms with Gasteiger partial charge in [-0.1, -0.05) is 25.0 Å². The van der Waals surface area contributed by atoms with Gasteiger partial charge in [-0.05, 0) is 86.1 Å². The molecule has 0 aromatic heterocycles. The Hall–Kier alpha value is -1.70. The summed E-state index contributed by atoms with van der Waals surface area (Å²) in [7, 11) is 0. The van der Waals surface area contributed by atoms with Crippen LogP contribution in [0.2, 0.25) is 0 Å². The van der Waals surface area contributed by atoms with E-state index in [0.717, 1.165) is 36.8 Å². The van der Waals surface area contributed by atoms with Crippen LogP contribution in [-0.4, -0.2) is 0 Å². The molecule has 0 bridgehead atoms. The molecule has 0 spiro atoms. The summed E-state index contributed by atoms with van der Waals surface area (Å²) in [6, 6.07) is 10.1. The zero-order valence-electron chi connectivity index (χ0n) is 13.5. The lowest BCUT2D eigenvalue weighted by Gasteiger charge is -2.07. The van der Waals surface area contributed by atoms with Crippen molar-refractivity contribution in [2.24, 2.45) is 0 Å². The first-order valence-corrected chi connectivity index (χ1v) is 8.06. The van der Waals surface area contributed by atoms with Gasteiger partial charge in [0.15, 0.2) is 0 Å². The molecule has 2 rings (SSSR count).